The van der Waals surface area contributed by atoms with E-state index in [-0.39, 0.29) is 34.1 Å². The summed E-state index contributed by atoms with van der Waals surface area (Å²) in [5.74, 6) is 0. The molecule has 0 aliphatic carbocycles. The van der Waals surface area contributed by atoms with E-state index in [1.54, 1.807) is 0 Å². The zero-order chi connectivity index (χ0) is 4.83. The molecule has 0 nitrogen and oxygen atoms in total. The monoisotopic (exact) mass is 314 g/mol. The van der Waals surface area contributed by atoms with Crippen molar-refractivity contribution in [2.45, 2.75) is 0 Å². The first-order valence-electron chi connectivity index (χ1n) is 1.45. The average Bonchev–Trinajstić information content (AvgIpc) is 1.61. The van der Waals surface area contributed by atoms with Gasteiger partial charge in [0.1, 0.15) is 0 Å². The van der Waals surface area contributed by atoms with Crippen LogP contribution in [0, 0.1) is 0 Å². The van der Waals surface area contributed by atoms with Gasteiger partial charge in [0.05, 0.1) is 0 Å². The summed E-state index contributed by atoms with van der Waals surface area (Å²) in [5.41, 5.74) is 0. The number of hydrogen-bond donors (Lipinski definition) is 0. The van der Waals surface area contributed by atoms with E-state index < -0.39 is 0 Å². The Hall–Kier alpha value is 1.06. The maximum absolute atomic E-state index is 3.64. The second kappa shape index (κ2) is 6.06. The van der Waals surface area contributed by atoms with Crippen LogP contribution in [-0.4, -0.2) is 34.1 Å². The van der Waals surface area contributed by atoms with Crippen molar-refractivity contribution in [3.63, 3.8) is 0 Å². The Morgan fingerprint density at radius 3 is 1.50 bits per heavy atom. The van der Waals surface area contributed by atoms with Crippen molar-refractivity contribution in [2.24, 2.45) is 0 Å². The molecule has 0 unspecified atom stereocenters. The van der Waals surface area contributed by atoms with Gasteiger partial charge in [0.2, 0.25) is 0 Å². The minimum absolute atomic E-state index is 0.261. The molecule has 0 fully saturated rings. The third kappa shape index (κ3) is 5.06. The zero-order valence-corrected chi connectivity index (χ0v) is 8.05. The molecule has 0 radical (unpaired) electrons. The first-order valence-corrected chi connectivity index (χ1v) is 11.5. The summed E-state index contributed by atoms with van der Waals surface area (Å²) in [4.78, 5) is 0. The molecule has 2 heteroatoms. The van der Waals surface area contributed by atoms with E-state index in [2.05, 4.69) is 21.4 Å². The van der Waals surface area contributed by atoms with Crippen LogP contribution in [0.3, 0.4) is 0 Å². The van der Waals surface area contributed by atoms with Crippen molar-refractivity contribution >= 4 is 34.1 Å². The van der Waals surface area contributed by atoms with Crippen LogP contribution < -0.4 is 0 Å². The van der Waals surface area contributed by atoms with Crippen LogP contribution in [0.4, 0.5) is 0 Å². The molecule has 0 heterocycles. The Balaban J connectivity index is 2.66. The fourth-order valence-electron chi connectivity index (χ4n) is 0.0786. The van der Waals surface area contributed by atoms with Crippen LogP contribution in [0.25, 0.3) is 0 Å². The minimum atomic E-state index is 0.261. The fraction of sp³-hybridized carbons (Fsp3) is 0. The van der Waals surface area contributed by atoms with Gasteiger partial charge < -0.3 is 0 Å². The van der Waals surface area contributed by atoms with Gasteiger partial charge in [0, 0.05) is 0 Å². The molecule has 0 aliphatic heterocycles. The van der Waals surface area contributed by atoms with Crippen LogP contribution in [0.1, 0.15) is 0 Å². The van der Waals surface area contributed by atoms with Gasteiger partial charge in [0.15, 0.2) is 0 Å². The van der Waals surface area contributed by atoms with E-state index in [0.29, 0.717) is 0 Å². The quantitative estimate of drug-likeness (QED) is 0.529. The molecule has 0 spiro atoms. The summed E-state index contributed by atoms with van der Waals surface area (Å²) in [6.07, 6.45) is 0. The molecule has 0 aliphatic rings. The normalized spacial score (nSPS) is 7.33. The summed E-state index contributed by atoms with van der Waals surface area (Å²) < 4.78 is 4.16. The van der Waals surface area contributed by atoms with Gasteiger partial charge in [0.25, 0.3) is 0 Å². The number of rotatable bonds is 3. The summed E-state index contributed by atoms with van der Waals surface area (Å²) in [6.45, 7) is 7.28. The Bertz CT molecular complexity index is 41.5. The molecule has 0 aromatic carbocycles. The molecule has 0 rings (SSSR count). The Morgan fingerprint density at radius 2 is 1.33 bits per heavy atom. The van der Waals surface area contributed by atoms with Gasteiger partial charge in [-0.2, -0.15) is 0 Å². The Labute approximate surface area is 55.0 Å². The van der Waals surface area contributed by atoms with Crippen molar-refractivity contribution in [3.05, 3.63) is 21.4 Å². The van der Waals surface area contributed by atoms with E-state index in [4.69, 9.17) is 0 Å². The molecule has 0 saturated heterocycles. The van der Waals surface area contributed by atoms with Crippen LogP contribution in [-0.2, 0) is 0 Å². The van der Waals surface area contributed by atoms with Crippen LogP contribution >= 0.6 is 0 Å². The van der Waals surface area contributed by atoms with Gasteiger partial charge in [-0.05, 0) is 0 Å². The molecule has 0 atom stereocenters. The van der Waals surface area contributed by atoms with Crippen molar-refractivity contribution in [1.29, 1.82) is 0 Å². The van der Waals surface area contributed by atoms with E-state index in [9.17, 15) is 0 Å². The first kappa shape index (κ1) is 7.06. The summed E-state index contributed by atoms with van der Waals surface area (Å²) >= 11 is 0.522. The van der Waals surface area contributed by atoms with Crippen LogP contribution in [0.5, 0.6) is 0 Å². The standard InChI is InChI=1S/C4H6Te2/c1-3-5-6-4-2/h3-4H,1-2H2. The molecule has 0 aromatic rings. The molecule has 34 valence electrons. The Kier molecular flexibility index (Phi) is 7.13. The van der Waals surface area contributed by atoms with Gasteiger partial charge in [-0.1, -0.05) is 0 Å². The molecule has 0 N–H and O–H groups in total. The van der Waals surface area contributed by atoms with E-state index in [1.807, 2.05) is 0 Å². The van der Waals surface area contributed by atoms with E-state index >= 15 is 0 Å². The Morgan fingerprint density at radius 1 is 1.00 bits per heavy atom. The second-order valence-electron chi connectivity index (χ2n) is 0.526. The van der Waals surface area contributed by atoms with Gasteiger partial charge in [-0.25, -0.2) is 0 Å². The van der Waals surface area contributed by atoms with Gasteiger partial charge >= 0.3 is 55.5 Å². The van der Waals surface area contributed by atoms with Gasteiger partial charge in [-0.15, -0.1) is 0 Å². The molecular weight excluding hydrogens is 303 g/mol. The van der Waals surface area contributed by atoms with Crippen molar-refractivity contribution in [1.82, 2.24) is 0 Å². The zero-order valence-electron chi connectivity index (χ0n) is 3.39. The third-order valence-corrected chi connectivity index (χ3v) is 8.62. The van der Waals surface area contributed by atoms with E-state index in [0.717, 1.165) is 0 Å². The van der Waals surface area contributed by atoms with Crippen LogP contribution in [0.2, 0.25) is 0 Å². The molecule has 0 aromatic heterocycles. The van der Waals surface area contributed by atoms with E-state index in [1.165, 1.54) is 0 Å². The predicted octanol–water partition coefficient (Wildman–Crippen LogP) is 0.597. The summed E-state index contributed by atoms with van der Waals surface area (Å²) in [5, 5.41) is 0. The average molecular weight is 309 g/mol. The SMILES string of the molecule is C=C[Te][Te]C=C. The maximum atomic E-state index is 3.64. The molecular formula is C4H6Te2. The second-order valence-corrected chi connectivity index (χ2v) is 10.9. The summed E-state index contributed by atoms with van der Waals surface area (Å²) in [7, 11) is 0. The predicted molar refractivity (Wildman–Crippen MR) is 31.9 cm³/mol. The van der Waals surface area contributed by atoms with Crippen LogP contribution in [0.15, 0.2) is 21.4 Å². The van der Waals surface area contributed by atoms with Gasteiger partial charge in [-0.3, -0.25) is 0 Å². The third-order valence-electron chi connectivity index (χ3n) is 0.192. The van der Waals surface area contributed by atoms with Crippen molar-refractivity contribution < 1.29 is 0 Å². The number of hydrogen-bond acceptors (Lipinski definition) is 0. The molecule has 0 saturated carbocycles. The first-order chi connectivity index (χ1) is 2.91. The van der Waals surface area contributed by atoms with Crippen molar-refractivity contribution in [3.8, 4) is 0 Å². The molecule has 6 heavy (non-hydrogen) atoms. The van der Waals surface area contributed by atoms with Crippen molar-refractivity contribution in [2.75, 3.05) is 0 Å². The molecule has 0 amide bonds. The topological polar surface area (TPSA) is 0 Å². The fourth-order valence-corrected chi connectivity index (χ4v) is 3.54. The summed E-state index contributed by atoms with van der Waals surface area (Å²) in [6, 6.07) is 0. The molecule has 0 bridgehead atoms.